The van der Waals surface area contributed by atoms with E-state index < -0.39 is 0 Å². The Kier molecular flexibility index (Phi) is 7.65. The molecule has 30 heavy (non-hydrogen) atoms. The van der Waals surface area contributed by atoms with Crippen molar-refractivity contribution in [1.29, 1.82) is 0 Å². The van der Waals surface area contributed by atoms with Crippen LogP contribution in [0, 0.1) is 17.8 Å². The summed E-state index contributed by atoms with van der Waals surface area (Å²) < 4.78 is 0. The zero-order valence-corrected chi connectivity index (χ0v) is 18.6. The third kappa shape index (κ3) is 4.91. The van der Waals surface area contributed by atoms with Crippen LogP contribution in [0.25, 0.3) is 0 Å². The van der Waals surface area contributed by atoms with E-state index >= 15 is 0 Å². The highest BCUT2D eigenvalue weighted by atomic mass is 15.4. The van der Waals surface area contributed by atoms with E-state index in [0.29, 0.717) is 0 Å². The van der Waals surface area contributed by atoms with Gasteiger partial charge in [-0.05, 0) is 63.2 Å². The molecule has 1 unspecified atom stereocenters. The molecule has 0 aromatic heterocycles. The van der Waals surface area contributed by atoms with Crippen LogP contribution in [-0.4, -0.2) is 33.2 Å². The number of piperidine rings is 1. The van der Waals surface area contributed by atoms with Gasteiger partial charge >= 0.3 is 0 Å². The second kappa shape index (κ2) is 10.4. The molecule has 0 aliphatic carbocycles. The topological polar surface area (TPSA) is 30.5 Å². The van der Waals surface area contributed by atoms with Gasteiger partial charge in [-0.15, -0.1) is 6.58 Å². The fourth-order valence-electron chi connectivity index (χ4n) is 4.38. The number of hydrogen-bond acceptors (Lipinski definition) is 4. The fourth-order valence-corrected chi connectivity index (χ4v) is 4.38. The third-order valence-electron chi connectivity index (χ3n) is 6.33. The minimum Gasteiger partial charge on any atom is -0.392 e. The number of para-hydroxylation sites is 1. The molecule has 2 aliphatic rings. The summed E-state index contributed by atoms with van der Waals surface area (Å²) in [5.41, 5.74) is 4.42. The zero-order valence-electron chi connectivity index (χ0n) is 18.6. The predicted molar refractivity (Wildman–Crippen MR) is 130 cm³/mol. The van der Waals surface area contributed by atoms with Gasteiger partial charge in [0, 0.05) is 26.2 Å². The number of nitrogens with one attached hydrogen (secondary N) is 2. The van der Waals surface area contributed by atoms with Crippen molar-refractivity contribution in [2.75, 3.05) is 37.0 Å². The van der Waals surface area contributed by atoms with E-state index in [-0.39, 0.29) is 6.04 Å². The average molecular weight is 405 g/mol. The maximum absolute atomic E-state index is 4.36. The summed E-state index contributed by atoms with van der Waals surface area (Å²) in [6.45, 7) is 14.8. The molecule has 1 atom stereocenters. The Morgan fingerprint density at radius 1 is 1.37 bits per heavy atom. The molecule has 0 spiro atoms. The highest BCUT2D eigenvalue weighted by Gasteiger charge is 2.32. The monoisotopic (exact) mass is 404 g/mol. The number of nitrogens with zero attached hydrogens (tertiary/aromatic N) is 2. The number of rotatable bonds is 8. The van der Waals surface area contributed by atoms with Crippen molar-refractivity contribution in [3.63, 3.8) is 0 Å². The molecule has 1 fully saturated rings. The lowest BCUT2D eigenvalue weighted by atomic mass is 9.93. The van der Waals surface area contributed by atoms with E-state index in [9.17, 15) is 0 Å². The molecular weight excluding hydrogens is 368 g/mol. The number of fused-ring (bicyclic) bond motifs is 1. The van der Waals surface area contributed by atoms with E-state index in [4.69, 9.17) is 0 Å². The summed E-state index contributed by atoms with van der Waals surface area (Å²) in [5, 5.41) is 6.57. The first kappa shape index (κ1) is 22.1. The van der Waals surface area contributed by atoms with Gasteiger partial charge in [0.05, 0.1) is 23.0 Å². The molecular formula is C26H36N4. The van der Waals surface area contributed by atoms with Crippen molar-refractivity contribution in [3.8, 4) is 11.8 Å². The van der Waals surface area contributed by atoms with Crippen molar-refractivity contribution in [2.24, 2.45) is 5.92 Å². The maximum Gasteiger partial charge on any atom is 0.106 e. The summed E-state index contributed by atoms with van der Waals surface area (Å²) in [7, 11) is 3.99. The predicted octanol–water partition coefficient (Wildman–Crippen LogP) is 4.61. The van der Waals surface area contributed by atoms with Crippen molar-refractivity contribution in [2.45, 2.75) is 44.6 Å². The second-order valence-corrected chi connectivity index (χ2v) is 8.25. The number of hydrogen-bond donors (Lipinski definition) is 2. The van der Waals surface area contributed by atoms with Crippen LogP contribution in [0.15, 0.2) is 55.5 Å². The standard InChI is InChI=1S/C26H36N4/c1-6-24(15-14-20(2)27-4)30-21(3)29(5)26-23(12-9-13-25(26)30)11-8-7-10-22-16-18-28-19-17-22/h6,9,12-13,22,24,27-28H,1-3,7,10,14-19H2,4-5H3. The Hall–Kier alpha value is -2.64. The van der Waals surface area contributed by atoms with E-state index in [0.717, 1.165) is 66.7 Å². The number of benzene rings is 1. The van der Waals surface area contributed by atoms with E-state index in [1.165, 1.54) is 19.3 Å². The van der Waals surface area contributed by atoms with E-state index in [1.807, 2.05) is 13.1 Å². The molecule has 0 amide bonds. The first-order valence-electron chi connectivity index (χ1n) is 11.1. The minimum absolute atomic E-state index is 0.162. The van der Waals surface area contributed by atoms with Crippen LogP contribution in [0.5, 0.6) is 0 Å². The lowest BCUT2D eigenvalue weighted by molar-refractivity contribution is 0.357. The van der Waals surface area contributed by atoms with Crippen LogP contribution < -0.4 is 20.4 Å². The molecule has 4 nitrogen and oxygen atoms in total. The van der Waals surface area contributed by atoms with Gasteiger partial charge in [-0.2, -0.15) is 0 Å². The summed E-state index contributed by atoms with van der Waals surface area (Å²) >= 11 is 0. The first-order chi connectivity index (χ1) is 14.6. The lowest BCUT2D eigenvalue weighted by Crippen LogP contribution is -2.34. The van der Waals surface area contributed by atoms with Crippen LogP contribution in [0.4, 0.5) is 11.4 Å². The van der Waals surface area contributed by atoms with Gasteiger partial charge in [-0.3, -0.25) is 0 Å². The molecule has 0 bridgehead atoms. The molecule has 1 saturated heterocycles. The van der Waals surface area contributed by atoms with Gasteiger partial charge in [0.25, 0.3) is 0 Å². The van der Waals surface area contributed by atoms with Gasteiger partial charge in [-0.1, -0.05) is 37.1 Å². The zero-order chi connectivity index (χ0) is 21.5. The van der Waals surface area contributed by atoms with Gasteiger partial charge in [-0.25, -0.2) is 0 Å². The SMILES string of the molecule is C=CC(CCC(=C)NC)N1C(=C)N(C)c2c(C#CCCC3CCNCC3)cccc21. The van der Waals surface area contributed by atoms with E-state index in [2.05, 4.69) is 77.3 Å². The van der Waals surface area contributed by atoms with Crippen LogP contribution in [0.3, 0.4) is 0 Å². The van der Waals surface area contributed by atoms with Gasteiger partial charge in [0.1, 0.15) is 5.82 Å². The van der Waals surface area contributed by atoms with Gasteiger partial charge in [0.2, 0.25) is 0 Å². The largest absolute Gasteiger partial charge is 0.392 e. The Morgan fingerprint density at radius 2 is 2.13 bits per heavy atom. The molecule has 4 heteroatoms. The lowest BCUT2D eigenvalue weighted by Gasteiger charge is -2.29. The molecule has 1 aromatic carbocycles. The summed E-state index contributed by atoms with van der Waals surface area (Å²) in [6, 6.07) is 6.54. The highest BCUT2D eigenvalue weighted by Crippen LogP contribution is 2.44. The fraction of sp³-hybridized carbons (Fsp3) is 0.462. The smallest absolute Gasteiger partial charge is 0.106 e. The van der Waals surface area contributed by atoms with Crippen LogP contribution >= 0.6 is 0 Å². The Morgan fingerprint density at radius 3 is 2.83 bits per heavy atom. The Labute approximate surface area is 182 Å². The van der Waals surface area contributed by atoms with Crippen molar-refractivity contribution in [3.05, 3.63) is 61.1 Å². The molecule has 2 aliphatic heterocycles. The Balaban J connectivity index is 1.76. The van der Waals surface area contributed by atoms with Crippen molar-refractivity contribution >= 4 is 11.4 Å². The van der Waals surface area contributed by atoms with Crippen molar-refractivity contribution in [1.82, 2.24) is 10.6 Å². The maximum atomic E-state index is 4.36. The average Bonchev–Trinajstić information content (AvgIpc) is 3.03. The minimum atomic E-state index is 0.162. The third-order valence-corrected chi connectivity index (χ3v) is 6.33. The van der Waals surface area contributed by atoms with E-state index in [1.54, 1.807) is 0 Å². The van der Waals surface area contributed by atoms with Gasteiger partial charge in [0.15, 0.2) is 0 Å². The quantitative estimate of drug-likeness (QED) is 0.489. The normalized spacial score (nSPS) is 17.2. The molecule has 2 N–H and O–H groups in total. The summed E-state index contributed by atoms with van der Waals surface area (Å²) in [4.78, 5) is 4.45. The molecule has 2 heterocycles. The first-order valence-corrected chi connectivity index (χ1v) is 11.1. The Bertz CT molecular complexity index is 838. The molecule has 0 radical (unpaired) electrons. The molecule has 3 rings (SSSR count). The van der Waals surface area contributed by atoms with Crippen LogP contribution in [-0.2, 0) is 0 Å². The molecule has 0 saturated carbocycles. The summed E-state index contributed by atoms with van der Waals surface area (Å²) in [5.74, 6) is 8.67. The summed E-state index contributed by atoms with van der Waals surface area (Å²) in [6.07, 6.45) is 8.56. The molecule has 160 valence electrons. The number of anilines is 2. The molecule has 1 aromatic rings. The van der Waals surface area contributed by atoms with Crippen LogP contribution in [0.1, 0.15) is 44.1 Å². The second-order valence-electron chi connectivity index (χ2n) is 8.25. The van der Waals surface area contributed by atoms with Gasteiger partial charge < -0.3 is 20.4 Å². The van der Waals surface area contributed by atoms with Crippen LogP contribution in [0.2, 0.25) is 0 Å². The number of allylic oxidation sites excluding steroid dienone is 1. The highest BCUT2D eigenvalue weighted by molar-refractivity contribution is 5.87. The van der Waals surface area contributed by atoms with Crippen molar-refractivity contribution < 1.29 is 0 Å².